The Morgan fingerprint density at radius 1 is 1.21 bits per heavy atom. The first-order valence-corrected chi connectivity index (χ1v) is 8.05. The fourth-order valence-electron chi connectivity index (χ4n) is 3.81. The molecule has 1 aromatic rings. The Morgan fingerprint density at radius 3 is 2.68 bits per heavy atom. The third-order valence-electron chi connectivity index (χ3n) is 4.95. The van der Waals surface area contributed by atoms with Crippen LogP contribution in [-0.4, -0.2) is 7.05 Å². The van der Waals surface area contributed by atoms with Crippen LogP contribution in [0.3, 0.4) is 0 Å². The topological polar surface area (TPSA) is 12.0 Å². The predicted octanol–water partition coefficient (Wildman–Crippen LogP) is 4.73. The first kappa shape index (κ1) is 14.6. The molecular formula is C18H29N. The van der Waals surface area contributed by atoms with E-state index in [4.69, 9.17) is 0 Å². The van der Waals surface area contributed by atoms with E-state index in [2.05, 4.69) is 50.5 Å². The molecule has 3 atom stereocenters. The highest BCUT2D eigenvalue weighted by Crippen LogP contribution is 2.39. The lowest BCUT2D eigenvalue weighted by atomic mass is 9.74. The Bertz CT molecular complexity index is 385. The monoisotopic (exact) mass is 259 g/mol. The minimum absolute atomic E-state index is 0.547. The molecule has 3 unspecified atom stereocenters. The number of benzene rings is 1. The fraction of sp³-hybridized carbons (Fsp3) is 0.667. The Balaban J connectivity index is 2.19. The Morgan fingerprint density at radius 2 is 2.00 bits per heavy atom. The minimum atomic E-state index is 0.547. The van der Waals surface area contributed by atoms with Crippen LogP contribution in [0.4, 0.5) is 0 Å². The van der Waals surface area contributed by atoms with Crippen molar-refractivity contribution in [2.75, 3.05) is 7.05 Å². The highest BCUT2D eigenvalue weighted by Gasteiger charge is 2.28. The molecule has 0 radical (unpaired) electrons. The molecule has 1 fully saturated rings. The van der Waals surface area contributed by atoms with Gasteiger partial charge in [-0.2, -0.15) is 0 Å². The second-order valence-corrected chi connectivity index (χ2v) is 6.02. The van der Waals surface area contributed by atoms with Crippen molar-refractivity contribution in [3.63, 3.8) is 0 Å². The van der Waals surface area contributed by atoms with Gasteiger partial charge in [-0.25, -0.2) is 0 Å². The van der Waals surface area contributed by atoms with Gasteiger partial charge in [0.25, 0.3) is 0 Å². The number of rotatable bonds is 5. The van der Waals surface area contributed by atoms with Crippen molar-refractivity contribution in [3.8, 4) is 0 Å². The average molecular weight is 259 g/mol. The lowest BCUT2D eigenvalue weighted by Crippen LogP contribution is -2.30. The van der Waals surface area contributed by atoms with Gasteiger partial charge in [-0.15, -0.1) is 0 Å². The summed E-state index contributed by atoms with van der Waals surface area (Å²) in [6.45, 7) is 4.61. The van der Waals surface area contributed by atoms with Crippen LogP contribution in [0, 0.1) is 11.8 Å². The first-order valence-electron chi connectivity index (χ1n) is 8.05. The van der Waals surface area contributed by atoms with Crippen LogP contribution in [0.1, 0.15) is 63.1 Å². The van der Waals surface area contributed by atoms with Gasteiger partial charge in [0, 0.05) is 6.04 Å². The van der Waals surface area contributed by atoms with E-state index in [9.17, 15) is 0 Å². The van der Waals surface area contributed by atoms with Crippen molar-refractivity contribution in [3.05, 3.63) is 35.4 Å². The van der Waals surface area contributed by atoms with Gasteiger partial charge in [-0.1, -0.05) is 57.4 Å². The first-order chi connectivity index (χ1) is 9.30. The third kappa shape index (κ3) is 3.39. The lowest BCUT2D eigenvalue weighted by Gasteiger charge is -2.35. The summed E-state index contributed by atoms with van der Waals surface area (Å²) in [5, 5.41) is 3.61. The Labute approximate surface area is 118 Å². The minimum Gasteiger partial charge on any atom is -0.313 e. The van der Waals surface area contributed by atoms with Crippen molar-refractivity contribution in [1.82, 2.24) is 5.32 Å². The van der Waals surface area contributed by atoms with Gasteiger partial charge >= 0.3 is 0 Å². The zero-order chi connectivity index (χ0) is 13.7. The summed E-state index contributed by atoms with van der Waals surface area (Å²) >= 11 is 0. The molecule has 1 aromatic carbocycles. The van der Waals surface area contributed by atoms with Gasteiger partial charge in [0.2, 0.25) is 0 Å². The van der Waals surface area contributed by atoms with E-state index in [0.717, 1.165) is 18.3 Å². The number of hydrogen-bond acceptors (Lipinski definition) is 1. The third-order valence-corrected chi connectivity index (χ3v) is 4.95. The molecule has 0 saturated heterocycles. The zero-order valence-electron chi connectivity index (χ0n) is 12.8. The summed E-state index contributed by atoms with van der Waals surface area (Å²) < 4.78 is 0. The van der Waals surface area contributed by atoms with E-state index < -0.39 is 0 Å². The molecule has 1 aliphatic rings. The normalized spacial score (nSPS) is 25.2. The second kappa shape index (κ2) is 7.09. The van der Waals surface area contributed by atoms with E-state index in [1.165, 1.54) is 43.2 Å². The molecule has 1 aliphatic carbocycles. The van der Waals surface area contributed by atoms with Crippen molar-refractivity contribution in [2.45, 2.75) is 58.4 Å². The largest absolute Gasteiger partial charge is 0.313 e. The molecule has 2 rings (SSSR count). The summed E-state index contributed by atoms with van der Waals surface area (Å²) in [7, 11) is 2.13. The summed E-state index contributed by atoms with van der Waals surface area (Å²) in [4.78, 5) is 0. The van der Waals surface area contributed by atoms with Crippen LogP contribution in [0.15, 0.2) is 24.3 Å². The molecule has 0 bridgehead atoms. The molecule has 0 spiro atoms. The summed E-state index contributed by atoms with van der Waals surface area (Å²) in [5.74, 6) is 1.76. The smallest absolute Gasteiger partial charge is 0.0348 e. The molecule has 0 amide bonds. The summed E-state index contributed by atoms with van der Waals surface area (Å²) in [6, 6.07) is 9.53. The van der Waals surface area contributed by atoms with Gasteiger partial charge in [-0.3, -0.25) is 0 Å². The molecule has 1 saturated carbocycles. The molecule has 19 heavy (non-hydrogen) atoms. The van der Waals surface area contributed by atoms with E-state index in [1.54, 1.807) is 0 Å². The highest BCUT2D eigenvalue weighted by molar-refractivity contribution is 5.30. The van der Waals surface area contributed by atoms with Crippen LogP contribution >= 0.6 is 0 Å². The molecular weight excluding hydrogens is 230 g/mol. The molecule has 1 nitrogen and oxygen atoms in total. The molecule has 1 N–H and O–H groups in total. The lowest BCUT2D eigenvalue weighted by molar-refractivity contribution is 0.214. The number of nitrogens with one attached hydrogen (secondary N) is 1. The molecule has 0 aromatic heterocycles. The van der Waals surface area contributed by atoms with E-state index >= 15 is 0 Å². The van der Waals surface area contributed by atoms with E-state index in [-0.39, 0.29) is 0 Å². The number of aryl methyl sites for hydroxylation is 1. The van der Waals surface area contributed by atoms with Crippen LogP contribution < -0.4 is 5.32 Å². The van der Waals surface area contributed by atoms with E-state index in [0.29, 0.717) is 6.04 Å². The van der Waals surface area contributed by atoms with Crippen LogP contribution in [0.25, 0.3) is 0 Å². The maximum atomic E-state index is 3.61. The molecule has 106 valence electrons. The van der Waals surface area contributed by atoms with E-state index in [1.807, 2.05) is 0 Å². The SMILES string of the molecule is CCc1ccccc1C(NC)C1CCCC(CC)C1. The van der Waals surface area contributed by atoms with Crippen molar-refractivity contribution < 1.29 is 0 Å². The molecule has 0 aliphatic heterocycles. The maximum Gasteiger partial charge on any atom is 0.0348 e. The average Bonchev–Trinajstić information content (AvgIpc) is 2.49. The van der Waals surface area contributed by atoms with Crippen molar-refractivity contribution in [1.29, 1.82) is 0 Å². The summed E-state index contributed by atoms with van der Waals surface area (Å²) in [6.07, 6.45) is 8.13. The van der Waals surface area contributed by atoms with Crippen LogP contribution in [0.5, 0.6) is 0 Å². The van der Waals surface area contributed by atoms with Crippen molar-refractivity contribution in [2.24, 2.45) is 11.8 Å². The van der Waals surface area contributed by atoms with Crippen molar-refractivity contribution >= 4 is 0 Å². The second-order valence-electron chi connectivity index (χ2n) is 6.02. The maximum absolute atomic E-state index is 3.61. The zero-order valence-corrected chi connectivity index (χ0v) is 12.8. The van der Waals surface area contributed by atoms with Gasteiger partial charge in [0.1, 0.15) is 0 Å². The van der Waals surface area contributed by atoms with Gasteiger partial charge in [-0.05, 0) is 49.3 Å². The van der Waals surface area contributed by atoms with Crippen LogP contribution in [-0.2, 0) is 6.42 Å². The summed E-state index contributed by atoms with van der Waals surface area (Å²) in [5.41, 5.74) is 3.05. The molecule has 1 heteroatoms. The fourth-order valence-corrected chi connectivity index (χ4v) is 3.81. The Hall–Kier alpha value is -0.820. The predicted molar refractivity (Wildman–Crippen MR) is 83.4 cm³/mol. The standard InChI is InChI=1S/C18H29N/c1-4-14-9-8-11-16(13-14)18(19-3)17-12-7-6-10-15(17)5-2/h6-7,10,12,14,16,18-19H,4-5,8-9,11,13H2,1-3H3. The van der Waals surface area contributed by atoms with Gasteiger partial charge < -0.3 is 5.32 Å². The quantitative estimate of drug-likeness (QED) is 0.806. The van der Waals surface area contributed by atoms with Gasteiger partial charge in [0.05, 0.1) is 0 Å². The molecule has 0 heterocycles. The van der Waals surface area contributed by atoms with Gasteiger partial charge in [0.15, 0.2) is 0 Å². The highest BCUT2D eigenvalue weighted by atomic mass is 14.9. The van der Waals surface area contributed by atoms with Crippen LogP contribution in [0.2, 0.25) is 0 Å². The Kier molecular flexibility index (Phi) is 5.45. The number of hydrogen-bond donors (Lipinski definition) is 1.